The molecule has 0 bridgehead atoms. The zero-order chi connectivity index (χ0) is 22.9. The molecule has 0 aliphatic heterocycles. The molecule has 1 aromatic heterocycles. The summed E-state index contributed by atoms with van der Waals surface area (Å²) in [5.41, 5.74) is 2.73. The van der Waals surface area contributed by atoms with E-state index in [9.17, 15) is 0 Å². The van der Waals surface area contributed by atoms with Crippen LogP contribution in [0.25, 0.3) is 0 Å². The number of nitrogens with zero attached hydrogens (tertiary/aromatic N) is 1. The van der Waals surface area contributed by atoms with Gasteiger partial charge in [-0.2, -0.15) is 0 Å². The summed E-state index contributed by atoms with van der Waals surface area (Å²) in [6.07, 6.45) is 4.70. The van der Waals surface area contributed by atoms with Crippen LogP contribution in [0.2, 0.25) is 18.1 Å². The van der Waals surface area contributed by atoms with Crippen LogP contribution in [0.5, 0.6) is 11.5 Å². The van der Waals surface area contributed by atoms with Crippen LogP contribution in [-0.4, -0.2) is 13.3 Å². The van der Waals surface area contributed by atoms with E-state index in [0.29, 0.717) is 5.92 Å². The molecule has 0 spiro atoms. The lowest BCUT2D eigenvalue weighted by Gasteiger charge is -2.41. The summed E-state index contributed by atoms with van der Waals surface area (Å²) >= 11 is 0. The fourth-order valence-corrected chi connectivity index (χ4v) is 5.33. The third-order valence-electron chi connectivity index (χ3n) is 6.96. The summed E-state index contributed by atoms with van der Waals surface area (Å²) in [6, 6.07) is 16.4. The molecule has 3 aromatic rings. The Hall–Kier alpha value is -2.37. The van der Waals surface area contributed by atoms with E-state index in [1.54, 1.807) is 6.20 Å². The second-order valence-electron chi connectivity index (χ2n) is 10.5. The standard InChI is InChI=1S/C27H35NO3Si/c1-19-18-28-26(29-19)25(31-32(5,6)27(2,3)4)22-13-12-21-17-24(15-14-20(21)16-22)30-23-10-8-7-9-11-23/h7-11,14-15,17-18,22,25H,12-13,16H2,1-6H3. The van der Waals surface area contributed by atoms with Crippen LogP contribution >= 0.6 is 0 Å². The SMILES string of the molecule is Cc1cnc(C(O[Si](C)(C)C(C)(C)C)C2CCc3cc(Oc4ccccc4)ccc3C2)o1. The molecule has 0 amide bonds. The molecule has 4 rings (SSSR count). The molecule has 0 saturated carbocycles. The van der Waals surface area contributed by atoms with E-state index in [4.69, 9.17) is 13.6 Å². The Morgan fingerprint density at radius 1 is 1.03 bits per heavy atom. The third kappa shape index (κ3) is 4.99. The van der Waals surface area contributed by atoms with Crippen molar-refractivity contribution in [3.05, 3.63) is 77.5 Å². The molecule has 1 aliphatic carbocycles. The van der Waals surface area contributed by atoms with Gasteiger partial charge in [0, 0.05) is 0 Å². The van der Waals surface area contributed by atoms with Crippen LogP contribution in [-0.2, 0) is 17.3 Å². The third-order valence-corrected chi connectivity index (χ3v) is 11.4. The molecule has 0 N–H and O–H groups in total. The Balaban J connectivity index is 1.56. The van der Waals surface area contributed by atoms with Gasteiger partial charge in [0.05, 0.1) is 6.20 Å². The monoisotopic (exact) mass is 449 g/mol. The fraction of sp³-hybridized carbons (Fsp3) is 0.444. The van der Waals surface area contributed by atoms with E-state index < -0.39 is 8.32 Å². The van der Waals surface area contributed by atoms with Gasteiger partial charge in [-0.1, -0.05) is 45.0 Å². The van der Waals surface area contributed by atoms with Crippen LogP contribution in [0.1, 0.15) is 56.1 Å². The Bertz CT molecular complexity index is 1050. The predicted molar refractivity (Wildman–Crippen MR) is 131 cm³/mol. The van der Waals surface area contributed by atoms with Crippen molar-refractivity contribution in [3.63, 3.8) is 0 Å². The summed E-state index contributed by atoms with van der Waals surface area (Å²) < 4.78 is 19.0. The molecular formula is C27H35NO3Si. The molecule has 170 valence electrons. The average molecular weight is 450 g/mol. The number of aryl methyl sites for hydroxylation is 2. The zero-order valence-corrected chi connectivity index (χ0v) is 21.1. The summed E-state index contributed by atoms with van der Waals surface area (Å²) in [5.74, 6) is 3.66. The van der Waals surface area contributed by atoms with Crippen LogP contribution in [0.4, 0.5) is 0 Å². The van der Waals surface area contributed by atoms with Crippen LogP contribution in [0.15, 0.2) is 59.1 Å². The Morgan fingerprint density at radius 2 is 1.78 bits per heavy atom. The Kier molecular flexibility index (Phi) is 6.32. The maximum Gasteiger partial charge on any atom is 0.222 e. The van der Waals surface area contributed by atoms with Gasteiger partial charge in [0.15, 0.2) is 8.32 Å². The van der Waals surface area contributed by atoms with Gasteiger partial charge in [-0.15, -0.1) is 0 Å². The Labute approximate surface area is 193 Å². The van der Waals surface area contributed by atoms with E-state index in [0.717, 1.165) is 42.4 Å². The normalized spacial score (nSPS) is 17.6. The topological polar surface area (TPSA) is 44.5 Å². The van der Waals surface area contributed by atoms with Crippen molar-refractivity contribution in [2.45, 2.75) is 71.2 Å². The molecule has 2 atom stereocenters. The predicted octanol–water partition coefficient (Wildman–Crippen LogP) is 7.64. The second-order valence-corrected chi connectivity index (χ2v) is 15.2. The van der Waals surface area contributed by atoms with Crippen molar-refractivity contribution in [1.82, 2.24) is 4.98 Å². The highest BCUT2D eigenvalue weighted by atomic mass is 28.4. The van der Waals surface area contributed by atoms with Crippen molar-refractivity contribution in [3.8, 4) is 11.5 Å². The quantitative estimate of drug-likeness (QED) is 0.363. The van der Waals surface area contributed by atoms with Crippen LogP contribution in [0.3, 0.4) is 0 Å². The van der Waals surface area contributed by atoms with Gasteiger partial charge in [-0.3, -0.25) is 0 Å². The minimum Gasteiger partial charge on any atom is -0.457 e. The van der Waals surface area contributed by atoms with Gasteiger partial charge in [0.25, 0.3) is 0 Å². The fourth-order valence-electron chi connectivity index (χ4n) is 4.05. The molecule has 32 heavy (non-hydrogen) atoms. The van der Waals surface area contributed by atoms with E-state index >= 15 is 0 Å². The van der Waals surface area contributed by atoms with Crippen LogP contribution < -0.4 is 4.74 Å². The summed E-state index contributed by atoms with van der Waals surface area (Å²) in [7, 11) is -1.99. The number of ether oxygens (including phenoxy) is 1. The number of rotatable bonds is 6. The molecular weight excluding hydrogens is 414 g/mol. The van der Waals surface area contributed by atoms with Gasteiger partial charge < -0.3 is 13.6 Å². The Morgan fingerprint density at radius 3 is 2.44 bits per heavy atom. The van der Waals surface area contributed by atoms with E-state index in [-0.39, 0.29) is 11.1 Å². The second kappa shape index (κ2) is 8.87. The molecule has 0 saturated heterocycles. The number of benzene rings is 2. The summed E-state index contributed by atoms with van der Waals surface area (Å²) in [6.45, 7) is 13.4. The molecule has 0 radical (unpaired) electrons. The number of oxazole rings is 1. The van der Waals surface area contributed by atoms with E-state index in [2.05, 4.69) is 57.0 Å². The number of hydrogen-bond donors (Lipinski definition) is 0. The first-order chi connectivity index (χ1) is 15.1. The van der Waals surface area contributed by atoms with Crippen LogP contribution in [0, 0.1) is 12.8 Å². The molecule has 2 unspecified atom stereocenters. The lowest BCUT2D eigenvalue weighted by molar-refractivity contribution is 0.0818. The van der Waals surface area contributed by atoms with Crippen molar-refractivity contribution in [2.75, 3.05) is 0 Å². The summed E-state index contributed by atoms with van der Waals surface area (Å²) in [4.78, 5) is 4.59. The number of fused-ring (bicyclic) bond motifs is 1. The van der Waals surface area contributed by atoms with Crippen molar-refractivity contribution >= 4 is 8.32 Å². The zero-order valence-electron chi connectivity index (χ0n) is 20.1. The molecule has 4 nitrogen and oxygen atoms in total. The highest BCUT2D eigenvalue weighted by Crippen LogP contribution is 2.44. The molecule has 1 aliphatic rings. The van der Waals surface area contributed by atoms with Crippen molar-refractivity contribution in [1.29, 1.82) is 0 Å². The van der Waals surface area contributed by atoms with Gasteiger partial charge in [0.2, 0.25) is 5.89 Å². The van der Waals surface area contributed by atoms with Crippen molar-refractivity contribution in [2.24, 2.45) is 5.92 Å². The minimum atomic E-state index is -1.99. The first-order valence-corrected chi connectivity index (χ1v) is 14.5. The minimum absolute atomic E-state index is 0.113. The molecule has 2 aromatic carbocycles. The van der Waals surface area contributed by atoms with E-state index in [1.807, 2.05) is 37.3 Å². The lowest BCUT2D eigenvalue weighted by Crippen LogP contribution is -2.43. The van der Waals surface area contributed by atoms with Gasteiger partial charge >= 0.3 is 0 Å². The highest BCUT2D eigenvalue weighted by molar-refractivity contribution is 6.74. The average Bonchev–Trinajstić information content (AvgIpc) is 3.17. The molecule has 0 fully saturated rings. The number of para-hydroxylation sites is 1. The first kappa shape index (κ1) is 22.8. The maximum absolute atomic E-state index is 6.92. The molecule has 5 heteroatoms. The lowest BCUT2D eigenvalue weighted by atomic mass is 9.81. The smallest absolute Gasteiger partial charge is 0.222 e. The molecule has 1 heterocycles. The largest absolute Gasteiger partial charge is 0.457 e. The first-order valence-electron chi connectivity index (χ1n) is 11.6. The number of hydrogen-bond acceptors (Lipinski definition) is 4. The maximum atomic E-state index is 6.92. The van der Waals surface area contributed by atoms with E-state index in [1.165, 1.54) is 11.1 Å². The summed E-state index contributed by atoms with van der Waals surface area (Å²) in [5, 5.41) is 0.128. The van der Waals surface area contributed by atoms with Gasteiger partial charge in [0.1, 0.15) is 23.4 Å². The highest BCUT2D eigenvalue weighted by Gasteiger charge is 2.43. The van der Waals surface area contributed by atoms with Gasteiger partial charge in [-0.25, -0.2) is 4.98 Å². The van der Waals surface area contributed by atoms with Crippen molar-refractivity contribution < 1.29 is 13.6 Å². The van der Waals surface area contributed by atoms with Gasteiger partial charge in [-0.05, 0) is 85.6 Å². The number of aromatic nitrogens is 1.